The third-order valence-electron chi connectivity index (χ3n) is 3.98. The van der Waals surface area contributed by atoms with E-state index in [2.05, 4.69) is 33.4 Å². The van der Waals surface area contributed by atoms with Crippen LogP contribution in [0.25, 0.3) is 0 Å². The number of aliphatic hydroxyl groups is 1. The molecule has 116 valence electrons. The van der Waals surface area contributed by atoms with Gasteiger partial charge < -0.3 is 15.3 Å². The molecule has 2 aromatic rings. The predicted octanol–water partition coefficient (Wildman–Crippen LogP) is 3.31. The lowest BCUT2D eigenvalue weighted by Gasteiger charge is -2.33. The van der Waals surface area contributed by atoms with Crippen LogP contribution in [0.2, 0.25) is 5.15 Å². The molecule has 0 spiro atoms. The van der Waals surface area contributed by atoms with Gasteiger partial charge in [-0.15, -0.1) is 0 Å². The maximum absolute atomic E-state index is 9.66. The minimum Gasteiger partial charge on any atom is -0.393 e. The summed E-state index contributed by atoms with van der Waals surface area (Å²) < 4.78 is 0. The zero-order chi connectivity index (χ0) is 15.4. The molecule has 0 aliphatic carbocycles. The van der Waals surface area contributed by atoms with E-state index in [1.165, 1.54) is 5.69 Å². The van der Waals surface area contributed by atoms with E-state index in [4.69, 9.17) is 11.6 Å². The average molecular weight is 318 g/mol. The highest BCUT2D eigenvalue weighted by Gasteiger charge is 2.18. The maximum atomic E-state index is 9.66. The van der Waals surface area contributed by atoms with E-state index in [1.54, 1.807) is 12.3 Å². The number of aromatic nitrogens is 1. The molecule has 1 aliphatic rings. The highest BCUT2D eigenvalue weighted by atomic mass is 35.5. The number of pyridine rings is 1. The first kappa shape index (κ1) is 15.1. The number of anilines is 2. The standard InChI is InChI=1S/C17H20ClN3O/c18-17-6-5-13(12-20-17)11-19-15-3-1-2-4-16(15)21-9-7-14(22)8-10-21/h1-6,12,14,19,22H,7-11H2. The summed E-state index contributed by atoms with van der Waals surface area (Å²) in [5.74, 6) is 0. The molecule has 5 heteroatoms. The molecule has 1 saturated heterocycles. The number of piperidine rings is 1. The monoisotopic (exact) mass is 317 g/mol. The Labute approximate surface area is 135 Å². The maximum Gasteiger partial charge on any atom is 0.129 e. The van der Waals surface area contributed by atoms with E-state index in [1.807, 2.05) is 12.1 Å². The molecular weight excluding hydrogens is 298 g/mol. The Morgan fingerprint density at radius 2 is 1.95 bits per heavy atom. The number of nitrogens with zero attached hydrogens (tertiary/aromatic N) is 2. The van der Waals surface area contributed by atoms with Crippen LogP contribution in [0.5, 0.6) is 0 Å². The molecule has 4 nitrogen and oxygen atoms in total. The molecule has 0 radical (unpaired) electrons. The highest BCUT2D eigenvalue weighted by Crippen LogP contribution is 2.28. The van der Waals surface area contributed by atoms with Gasteiger partial charge in [-0.25, -0.2) is 4.98 Å². The molecular formula is C17H20ClN3O. The van der Waals surface area contributed by atoms with Crippen LogP contribution in [-0.2, 0) is 6.54 Å². The number of nitrogens with one attached hydrogen (secondary N) is 1. The van der Waals surface area contributed by atoms with Gasteiger partial charge in [0.15, 0.2) is 0 Å². The zero-order valence-corrected chi connectivity index (χ0v) is 13.1. The Kier molecular flexibility index (Phi) is 4.80. The molecule has 22 heavy (non-hydrogen) atoms. The average Bonchev–Trinajstić information content (AvgIpc) is 2.55. The summed E-state index contributed by atoms with van der Waals surface area (Å²) >= 11 is 5.81. The Balaban J connectivity index is 1.69. The van der Waals surface area contributed by atoms with Crippen molar-refractivity contribution in [3.63, 3.8) is 0 Å². The molecule has 3 rings (SSSR count). The van der Waals surface area contributed by atoms with Crippen molar-refractivity contribution in [2.75, 3.05) is 23.3 Å². The normalized spacial score (nSPS) is 15.8. The van der Waals surface area contributed by atoms with Crippen molar-refractivity contribution in [2.24, 2.45) is 0 Å². The smallest absolute Gasteiger partial charge is 0.129 e. The Morgan fingerprint density at radius 1 is 1.18 bits per heavy atom. The van der Waals surface area contributed by atoms with Crippen LogP contribution >= 0.6 is 11.6 Å². The Morgan fingerprint density at radius 3 is 2.68 bits per heavy atom. The van der Waals surface area contributed by atoms with E-state index in [0.29, 0.717) is 11.7 Å². The van der Waals surface area contributed by atoms with E-state index >= 15 is 0 Å². The molecule has 0 unspecified atom stereocenters. The van der Waals surface area contributed by atoms with Crippen LogP contribution in [0.1, 0.15) is 18.4 Å². The van der Waals surface area contributed by atoms with E-state index in [9.17, 15) is 5.11 Å². The molecule has 1 aliphatic heterocycles. The van der Waals surface area contributed by atoms with Crippen molar-refractivity contribution in [3.05, 3.63) is 53.3 Å². The quantitative estimate of drug-likeness (QED) is 0.849. The first-order chi connectivity index (χ1) is 10.7. The Bertz CT molecular complexity index is 610. The molecule has 0 atom stereocenters. The Hall–Kier alpha value is -1.78. The molecule has 1 fully saturated rings. The fourth-order valence-corrected chi connectivity index (χ4v) is 2.83. The zero-order valence-electron chi connectivity index (χ0n) is 12.4. The number of benzene rings is 1. The van der Waals surface area contributed by atoms with E-state index in [0.717, 1.165) is 37.2 Å². The summed E-state index contributed by atoms with van der Waals surface area (Å²) in [5.41, 5.74) is 3.39. The summed E-state index contributed by atoms with van der Waals surface area (Å²) in [6.07, 6.45) is 3.29. The summed E-state index contributed by atoms with van der Waals surface area (Å²) in [6.45, 7) is 2.49. The van der Waals surface area contributed by atoms with Gasteiger partial charge in [0.25, 0.3) is 0 Å². The third-order valence-corrected chi connectivity index (χ3v) is 4.20. The summed E-state index contributed by atoms with van der Waals surface area (Å²) in [6, 6.07) is 12.1. The van der Waals surface area contributed by atoms with Crippen LogP contribution in [0.4, 0.5) is 11.4 Å². The molecule has 1 aromatic heterocycles. The fourth-order valence-electron chi connectivity index (χ4n) is 2.71. The largest absolute Gasteiger partial charge is 0.393 e. The topological polar surface area (TPSA) is 48.4 Å². The predicted molar refractivity (Wildman–Crippen MR) is 90.5 cm³/mol. The minimum atomic E-state index is -0.156. The van der Waals surface area contributed by atoms with Gasteiger partial charge in [0.2, 0.25) is 0 Å². The van der Waals surface area contributed by atoms with Crippen molar-refractivity contribution in [1.82, 2.24) is 4.98 Å². The number of para-hydroxylation sites is 2. The summed E-state index contributed by atoms with van der Waals surface area (Å²) in [7, 11) is 0. The van der Waals surface area contributed by atoms with Gasteiger partial charge >= 0.3 is 0 Å². The van der Waals surface area contributed by atoms with E-state index in [-0.39, 0.29) is 6.10 Å². The number of aliphatic hydroxyl groups excluding tert-OH is 1. The molecule has 2 N–H and O–H groups in total. The van der Waals surface area contributed by atoms with Crippen molar-refractivity contribution >= 4 is 23.0 Å². The second-order valence-electron chi connectivity index (χ2n) is 5.58. The minimum absolute atomic E-state index is 0.156. The highest BCUT2D eigenvalue weighted by molar-refractivity contribution is 6.29. The first-order valence-corrected chi connectivity index (χ1v) is 7.96. The number of hydrogen-bond acceptors (Lipinski definition) is 4. The molecule has 1 aromatic carbocycles. The van der Waals surface area contributed by atoms with Crippen LogP contribution in [0.3, 0.4) is 0 Å². The van der Waals surface area contributed by atoms with Crippen LogP contribution < -0.4 is 10.2 Å². The van der Waals surface area contributed by atoms with Gasteiger partial charge in [-0.2, -0.15) is 0 Å². The van der Waals surface area contributed by atoms with Gasteiger partial charge in [-0.1, -0.05) is 29.8 Å². The van der Waals surface area contributed by atoms with Crippen molar-refractivity contribution in [1.29, 1.82) is 0 Å². The van der Waals surface area contributed by atoms with Gasteiger partial charge in [0.1, 0.15) is 5.15 Å². The van der Waals surface area contributed by atoms with Crippen molar-refractivity contribution in [3.8, 4) is 0 Å². The number of rotatable bonds is 4. The van der Waals surface area contributed by atoms with Crippen molar-refractivity contribution < 1.29 is 5.11 Å². The van der Waals surface area contributed by atoms with Gasteiger partial charge in [0.05, 0.1) is 17.5 Å². The molecule has 0 bridgehead atoms. The number of halogens is 1. The van der Waals surface area contributed by atoms with Gasteiger partial charge in [-0.05, 0) is 36.6 Å². The SMILES string of the molecule is OC1CCN(c2ccccc2NCc2ccc(Cl)nc2)CC1. The van der Waals surface area contributed by atoms with Gasteiger partial charge in [-0.3, -0.25) is 0 Å². The molecule has 0 saturated carbocycles. The van der Waals surface area contributed by atoms with Crippen LogP contribution in [-0.4, -0.2) is 29.3 Å². The van der Waals surface area contributed by atoms with Crippen molar-refractivity contribution in [2.45, 2.75) is 25.5 Å². The fraction of sp³-hybridized carbons (Fsp3) is 0.353. The number of hydrogen-bond donors (Lipinski definition) is 2. The third kappa shape index (κ3) is 3.70. The molecule has 2 heterocycles. The summed E-state index contributed by atoms with van der Waals surface area (Å²) in [5, 5.41) is 13.6. The molecule has 0 amide bonds. The summed E-state index contributed by atoms with van der Waals surface area (Å²) in [4.78, 5) is 6.43. The lowest BCUT2D eigenvalue weighted by atomic mass is 10.1. The lowest BCUT2D eigenvalue weighted by molar-refractivity contribution is 0.145. The second-order valence-corrected chi connectivity index (χ2v) is 5.97. The van der Waals surface area contributed by atoms with Crippen LogP contribution in [0, 0.1) is 0 Å². The van der Waals surface area contributed by atoms with Crippen LogP contribution in [0.15, 0.2) is 42.6 Å². The van der Waals surface area contributed by atoms with E-state index < -0.39 is 0 Å². The second kappa shape index (κ2) is 6.99. The lowest BCUT2D eigenvalue weighted by Crippen LogP contribution is -2.36. The first-order valence-electron chi connectivity index (χ1n) is 7.59. The van der Waals surface area contributed by atoms with Gasteiger partial charge in [0, 0.05) is 25.8 Å².